The summed E-state index contributed by atoms with van der Waals surface area (Å²) < 4.78 is 1.05. The maximum absolute atomic E-state index is 12.3. The molecule has 27 heavy (non-hydrogen) atoms. The fraction of sp³-hybridized carbons (Fsp3) is 0.455. The van der Waals surface area contributed by atoms with E-state index in [0.717, 1.165) is 42.8 Å². The van der Waals surface area contributed by atoms with Crippen LogP contribution in [0.25, 0.3) is 0 Å². The van der Waals surface area contributed by atoms with Gasteiger partial charge in [-0.05, 0) is 54.8 Å². The number of rotatable bonds is 2. The Morgan fingerprint density at radius 1 is 1.11 bits per heavy atom. The molecule has 1 aliphatic heterocycles. The molecule has 144 valence electrons. The Morgan fingerprint density at radius 3 is 2.63 bits per heavy atom. The zero-order valence-corrected chi connectivity index (χ0v) is 17.6. The molecule has 1 amide bonds. The van der Waals surface area contributed by atoms with Crippen molar-refractivity contribution < 1.29 is 4.79 Å². The van der Waals surface area contributed by atoms with Gasteiger partial charge in [-0.2, -0.15) is 0 Å². The van der Waals surface area contributed by atoms with Crippen molar-refractivity contribution in [2.75, 3.05) is 18.0 Å². The molecule has 1 aromatic carbocycles. The van der Waals surface area contributed by atoms with Crippen LogP contribution in [-0.2, 0) is 17.9 Å². The first-order chi connectivity index (χ1) is 13.1. The van der Waals surface area contributed by atoms with Crippen molar-refractivity contribution in [1.29, 1.82) is 0 Å². The average Bonchev–Trinajstić information content (AvgIpc) is 2.64. The van der Waals surface area contributed by atoms with Gasteiger partial charge in [-0.15, -0.1) is 0 Å². The predicted molar refractivity (Wildman–Crippen MR) is 114 cm³/mol. The van der Waals surface area contributed by atoms with Crippen molar-refractivity contribution in [1.82, 2.24) is 9.88 Å². The number of halogens is 1. The monoisotopic (exact) mass is 429 g/mol. The first kappa shape index (κ1) is 20.0. The summed E-state index contributed by atoms with van der Waals surface area (Å²) in [6.45, 7) is 5.23. The van der Waals surface area contributed by atoms with Gasteiger partial charge in [0.05, 0.1) is 0 Å². The van der Waals surface area contributed by atoms with Gasteiger partial charge in [0.15, 0.2) is 0 Å². The van der Waals surface area contributed by atoms with E-state index in [1.807, 2.05) is 29.4 Å². The number of fused-ring (bicyclic) bond motifs is 1. The van der Waals surface area contributed by atoms with E-state index in [0.29, 0.717) is 0 Å². The van der Waals surface area contributed by atoms with Crippen molar-refractivity contribution in [3.8, 4) is 0 Å². The zero-order valence-electron chi connectivity index (χ0n) is 16.0. The summed E-state index contributed by atoms with van der Waals surface area (Å²) in [6, 6.07) is 10.4. The molecule has 2 aromatic rings. The van der Waals surface area contributed by atoms with E-state index in [4.69, 9.17) is 0 Å². The van der Waals surface area contributed by atoms with Crippen molar-refractivity contribution in [3.05, 3.63) is 58.3 Å². The third kappa shape index (κ3) is 5.88. The highest BCUT2D eigenvalue weighted by Gasteiger charge is 2.18. The second-order valence-corrected chi connectivity index (χ2v) is 8.20. The summed E-state index contributed by atoms with van der Waals surface area (Å²) in [7, 11) is 0. The van der Waals surface area contributed by atoms with Crippen molar-refractivity contribution >= 4 is 27.5 Å². The number of pyridine rings is 1. The Hall–Kier alpha value is -1.72. The number of carbonyl (C=O) groups excluding carboxylic acids is 1. The minimum absolute atomic E-state index is 0.120. The third-order valence-electron chi connectivity index (χ3n) is 5.09. The molecule has 0 aliphatic carbocycles. The van der Waals surface area contributed by atoms with E-state index in [1.54, 1.807) is 6.92 Å². The summed E-state index contributed by atoms with van der Waals surface area (Å²) in [5, 5.41) is 0. The van der Waals surface area contributed by atoms with Crippen LogP contribution < -0.4 is 4.90 Å². The van der Waals surface area contributed by atoms with Gasteiger partial charge >= 0.3 is 0 Å². The molecule has 0 unspecified atom stereocenters. The average molecular weight is 430 g/mol. The Kier molecular flexibility index (Phi) is 7.41. The lowest BCUT2D eigenvalue weighted by Gasteiger charge is -2.29. The molecule has 3 rings (SSSR count). The molecule has 4 nitrogen and oxygen atoms in total. The maximum Gasteiger partial charge on any atom is 0.223 e. The van der Waals surface area contributed by atoms with Crippen LogP contribution in [0.1, 0.15) is 50.2 Å². The Morgan fingerprint density at radius 2 is 1.89 bits per heavy atom. The predicted octanol–water partition coefficient (Wildman–Crippen LogP) is 5.16. The maximum atomic E-state index is 12.3. The minimum Gasteiger partial charge on any atom is -0.312 e. The first-order valence-corrected chi connectivity index (χ1v) is 10.6. The highest BCUT2D eigenvalue weighted by molar-refractivity contribution is 9.10. The van der Waals surface area contributed by atoms with Crippen molar-refractivity contribution in [2.45, 2.75) is 52.1 Å². The molecule has 0 radical (unpaired) electrons. The number of aromatic nitrogens is 1. The van der Waals surface area contributed by atoms with Gasteiger partial charge in [-0.3, -0.25) is 14.7 Å². The van der Waals surface area contributed by atoms with Gasteiger partial charge in [-0.25, -0.2) is 0 Å². The number of benzene rings is 1. The number of anilines is 1. The largest absolute Gasteiger partial charge is 0.312 e. The van der Waals surface area contributed by atoms with Gasteiger partial charge in [0, 0.05) is 49.1 Å². The summed E-state index contributed by atoms with van der Waals surface area (Å²) in [5.41, 5.74) is 3.47. The van der Waals surface area contributed by atoms with Crippen molar-refractivity contribution in [2.24, 2.45) is 0 Å². The van der Waals surface area contributed by atoms with Gasteiger partial charge in [-0.1, -0.05) is 41.3 Å². The first-order valence-electron chi connectivity index (χ1n) is 9.81. The quantitative estimate of drug-likeness (QED) is 0.660. The van der Waals surface area contributed by atoms with E-state index in [1.165, 1.54) is 36.8 Å². The molecule has 0 saturated heterocycles. The number of nitrogens with zero attached hydrogens (tertiary/aromatic N) is 3. The number of hydrogen-bond acceptors (Lipinski definition) is 3. The minimum atomic E-state index is 0.120. The molecular formula is C22H28BrN3O. The molecule has 0 fully saturated rings. The Bertz CT molecular complexity index is 750. The highest BCUT2D eigenvalue weighted by Crippen LogP contribution is 2.28. The molecule has 0 spiro atoms. The highest BCUT2D eigenvalue weighted by atomic mass is 79.9. The second-order valence-electron chi connectivity index (χ2n) is 7.28. The van der Waals surface area contributed by atoms with Crippen LogP contribution in [0.2, 0.25) is 0 Å². The van der Waals surface area contributed by atoms with Gasteiger partial charge in [0.25, 0.3) is 0 Å². The standard InChI is InChI=1S/C22H28BrN3O/c1-18(27)26-13-6-4-2-3-5-12-25(16-19-8-7-11-24-15-19)17-20-14-21(23)9-10-22(20)26/h7-11,14-15H,2-6,12-13,16-17H2,1H3. The van der Waals surface area contributed by atoms with Crippen LogP contribution in [0, 0.1) is 0 Å². The molecule has 2 heterocycles. The number of hydrogen-bond donors (Lipinski definition) is 0. The second kappa shape index (κ2) is 10.00. The van der Waals surface area contributed by atoms with E-state index >= 15 is 0 Å². The lowest BCUT2D eigenvalue weighted by molar-refractivity contribution is -0.116. The summed E-state index contributed by atoms with van der Waals surface area (Å²) in [4.78, 5) is 21.0. The van der Waals surface area contributed by atoms with Crippen LogP contribution in [0.3, 0.4) is 0 Å². The lowest BCUT2D eigenvalue weighted by atomic mass is 10.1. The van der Waals surface area contributed by atoms with Gasteiger partial charge < -0.3 is 4.90 Å². The van der Waals surface area contributed by atoms with E-state index in [2.05, 4.69) is 44.0 Å². The number of carbonyl (C=O) groups is 1. The van der Waals surface area contributed by atoms with E-state index in [-0.39, 0.29) is 5.91 Å². The molecule has 5 heteroatoms. The van der Waals surface area contributed by atoms with Gasteiger partial charge in [0.2, 0.25) is 5.91 Å². The molecule has 0 atom stereocenters. The van der Waals surface area contributed by atoms with Crippen LogP contribution in [0.4, 0.5) is 5.69 Å². The lowest BCUT2D eigenvalue weighted by Crippen LogP contribution is -2.32. The number of amides is 1. The van der Waals surface area contributed by atoms with Gasteiger partial charge in [0.1, 0.15) is 0 Å². The summed E-state index contributed by atoms with van der Waals surface area (Å²) >= 11 is 3.61. The fourth-order valence-electron chi connectivity index (χ4n) is 3.73. The van der Waals surface area contributed by atoms with E-state index < -0.39 is 0 Å². The molecule has 0 saturated carbocycles. The normalized spacial score (nSPS) is 16.9. The zero-order chi connectivity index (χ0) is 19.1. The van der Waals surface area contributed by atoms with E-state index in [9.17, 15) is 4.79 Å². The summed E-state index contributed by atoms with van der Waals surface area (Å²) in [5.74, 6) is 0.120. The molecule has 0 N–H and O–H groups in total. The third-order valence-corrected chi connectivity index (χ3v) is 5.58. The van der Waals surface area contributed by atoms with Crippen LogP contribution in [-0.4, -0.2) is 28.9 Å². The molecule has 0 bridgehead atoms. The van der Waals surface area contributed by atoms with Crippen LogP contribution >= 0.6 is 15.9 Å². The SMILES string of the molecule is CC(=O)N1CCCCCCCN(Cc2cccnc2)Cc2cc(Br)ccc21. The summed E-state index contributed by atoms with van der Waals surface area (Å²) in [6.07, 6.45) is 9.69. The Labute approximate surface area is 170 Å². The molecule has 1 aliphatic rings. The van der Waals surface area contributed by atoms with Crippen LogP contribution in [0.5, 0.6) is 0 Å². The van der Waals surface area contributed by atoms with Crippen LogP contribution in [0.15, 0.2) is 47.2 Å². The molecule has 1 aromatic heterocycles. The Balaban J connectivity index is 1.90. The topological polar surface area (TPSA) is 36.4 Å². The molecular weight excluding hydrogens is 402 g/mol. The smallest absolute Gasteiger partial charge is 0.223 e. The fourth-order valence-corrected chi connectivity index (χ4v) is 4.14. The van der Waals surface area contributed by atoms with Crippen molar-refractivity contribution in [3.63, 3.8) is 0 Å².